The van der Waals surface area contributed by atoms with E-state index in [0.717, 1.165) is 19.6 Å². The van der Waals surface area contributed by atoms with Gasteiger partial charge in [-0.05, 0) is 34.8 Å². The quantitative estimate of drug-likeness (QED) is 0.930. The number of rotatable bonds is 4. The summed E-state index contributed by atoms with van der Waals surface area (Å²) in [6.45, 7) is 4.89. The highest BCUT2D eigenvalue weighted by Crippen LogP contribution is 2.29. The number of halogens is 1. The zero-order chi connectivity index (χ0) is 11.7. The molecule has 88 valence electrons. The van der Waals surface area contributed by atoms with Crippen LogP contribution in [-0.2, 0) is 11.3 Å². The first-order valence-electron chi connectivity index (χ1n) is 5.23. The molecule has 1 aromatic rings. The predicted octanol–water partition coefficient (Wildman–Crippen LogP) is 2.73. The zero-order valence-corrected chi connectivity index (χ0v) is 11.5. The summed E-state index contributed by atoms with van der Waals surface area (Å²) in [5, 5.41) is 8.64. The van der Waals surface area contributed by atoms with Gasteiger partial charge in [0.15, 0.2) is 0 Å². The van der Waals surface area contributed by atoms with E-state index in [-0.39, 0.29) is 0 Å². The molecule has 1 N–H and O–H groups in total. The van der Waals surface area contributed by atoms with Crippen LogP contribution in [0, 0.1) is 12.8 Å². The molecule has 0 saturated carbocycles. The van der Waals surface area contributed by atoms with Gasteiger partial charge in [-0.25, -0.2) is 0 Å². The van der Waals surface area contributed by atoms with Crippen LogP contribution in [0.4, 0.5) is 0 Å². The number of hydrogen-bond donors (Lipinski definition) is 1. The Kier molecular flexibility index (Phi) is 3.66. The Labute approximate surface area is 107 Å². The van der Waals surface area contributed by atoms with Gasteiger partial charge in [-0.2, -0.15) is 0 Å². The SMILES string of the molecule is Cc1sc(CN2CC(CC(=O)O)C2)cc1Br. The normalized spacial score (nSPS) is 17.4. The molecule has 1 aliphatic rings. The Morgan fingerprint density at radius 3 is 2.88 bits per heavy atom. The maximum atomic E-state index is 10.5. The minimum absolute atomic E-state index is 0.309. The molecule has 2 rings (SSSR count). The second-order valence-electron chi connectivity index (χ2n) is 4.27. The topological polar surface area (TPSA) is 40.5 Å². The van der Waals surface area contributed by atoms with Crippen molar-refractivity contribution in [2.24, 2.45) is 5.92 Å². The molecule has 3 nitrogen and oxygen atoms in total. The van der Waals surface area contributed by atoms with Crippen molar-refractivity contribution in [3.8, 4) is 0 Å². The second kappa shape index (κ2) is 4.85. The van der Waals surface area contributed by atoms with E-state index in [4.69, 9.17) is 5.11 Å². The highest BCUT2D eigenvalue weighted by molar-refractivity contribution is 9.10. The second-order valence-corrected chi connectivity index (χ2v) is 6.47. The van der Waals surface area contributed by atoms with Crippen molar-refractivity contribution < 1.29 is 9.90 Å². The van der Waals surface area contributed by atoms with E-state index in [1.165, 1.54) is 14.2 Å². The summed E-state index contributed by atoms with van der Waals surface area (Å²) in [5.41, 5.74) is 0. The molecular weight excluding hydrogens is 290 g/mol. The van der Waals surface area contributed by atoms with Gasteiger partial charge in [-0.3, -0.25) is 9.69 Å². The summed E-state index contributed by atoms with van der Waals surface area (Å²) in [6.07, 6.45) is 0.309. The van der Waals surface area contributed by atoms with Crippen molar-refractivity contribution in [2.45, 2.75) is 19.9 Å². The maximum Gasteiger partial charge on any atom is 0.303 e. The highest BCUT2D eigenvalue weighted by Gasteiger charge is 2.28. The lowest BCUT2D eigenvalue weighted by atomic mass is 9.96. The van der Waals surface area contributed by atoms with Gasteiger partial charge in [-0.1, -0.05) is 0 Å². The number of carbonyl (C=O) groups is 1. The molecule has 0 spiro atoms. The molecule has 1 aliphatic heterocycles. The number of carboxylic acids is 1. The lowest BCUT2D eigenvalue weighted by Gasteiger charge is -2.38. The molecular formula is C11H14BrNO2S. The van der Waals surface area contributed by atoms with Crippen LogP contribution in [0.25, 0.3) is 0 Å². The molecule has 2 heterocycles. The average molecular weight is 304 g/mol. The largest absolute Gasteiger partial charge is 0.481 e. The lowest BCUT2D eigenvalue weighted by Crippen LogP contribution is -2.46. The summed E-state index contributed by atoms with van der Waals surface area (Å²) >= 11 is 5.31. The van der Waals surface area contributed by atoms with Crippen LogP contribution < -0.4 is 0 Å². The Morgan fingerprint density at radius 2 is 2.38 bits per heavy atom. The fourth-order valence-electron chi connectivity index (χ4n) is 2.00. The maximum absolute atomic E-state index is 10.5. The predicted molar refractivity (Wildman–Crippen MR) is 67.8 cm³/mol. The molecule has 16 heavy (non-hydrogen) atoms. The first-order valence-corrected chi connectivity index (χ1v) is 6.84. The number of aryl methyl sites for hydroxylation is 1. The monoisotopic (exact) mass is 303 g/mol. The van der Waals surface area contributed by atoms with Crippen LogP contribution in [0.5, 0.6) is 0 Å². The van der Waals surface area contributed by atoms with Crippen LogP contribution in [0.3, 0.4) is 0 Å². The van der Waals surface area contributed by atoms with Crippen molar-refractivity contribution >= 4 is 33.2 Å². The summed E-state index contributed by atoms with van der Waals surface area (Å²) < 4.78 is 1.18. The van der Waals surface area contributed by atoms with E-state index < -0.39 is 5.97 Å². The number of hydrogen-bond acceptors (Lipinski definition) is 3. The summed E-state index contributed by atoms with van der Waals surface area (Å²) in [5.74, 6) is -0.332. The van der Waals surface area contributed by atoms with E-state index in [1.54, 1.807) is 11.3 Å². The molecule has 1 saturated heterocycles. The summed E-state index contributed by atoms with van der Waals surface area (Å²) in [7, 11) is 0. The van der Waals surface area contributed by atoms with Crippen LogP contribution >= 0.6 is 27.3 Å². The Balaban J connectivity index is 1.79. The highest BCUT2D eigenvalue weighted by atomic mass is 79.9. The minimum atomic E-state index is -0.681. The van der Waals surface area contributed by atoms with Crippen molar-refractivity contribution in [2.75, 3.05) is 13.1 Å². The van der Waals surface area contributed by atoms with Crippen molar-refractivity contribution in [1.82, 2.24) is 4.90 Å². The van der Waals surface area contributed by atoms with E-state index in [9.17, 15) is 4.79 Å². The first kappa shape index (κ1) is 12.1. The van der Waals surface area contributed by atoms with Gasteiger partial charge in [0.2, 0.25) is 0 Å². The number of aliphatic carboxylic acids is 1. The minimum Gasteiger partial charge on any atom is -0.481 e. The molecule has 0 amide bonds. The van der Waals surface area contributed by atoms with E-state index >= 15 is 0 Å². The van der Waals surface area contributed by atoms with Crippen molar-refractivity contribution in [1.29, 1.82) is 0 Å². The Bertz CT molecular complexity index is 379. The first-order chi connectivity index (χ1) is 7.54. The number of nitrogens with zero attached hydrogens (tertiary/aromatic N) is 1. The fourth-order valence-corrected chi connectivity index (χ4v) is 3.64. The number of likely N-dealkylation sites (tertiary alicyclic amines) is 1. The number of thiophene rings is 1. The van der Waals surface area contributed by atoms with Gasteiger partial charge in [0.1, 0.15) is 0 Å². The molecule has 1 aromatic heterocycles. The molecule has 0 atom stereocenters. The fraction of sp³-hybridized carbons (Fsp3) is 0.545. The Morgan fingerprint density at radius 1 is 1.69 bits per heavy atom. The standard InChI is InChI=1S/C11H14BrNO2S/c1-7-10(12)3-9(16-7)6-13-4-8(5-13)2-11(14)15/h3,8H,2,4-6H2,1H3,(H,14,15). The van der Waals surface area contributed by atoms with Crippen LogP contribution in [0.15, 0.2) is 10.5 Å². The molecule has 0 bridgehead atoms. The third-order valence-electron chi connectivity index (χ3n) is 2.78. The van der Waals surface area contributed by atoms with Gasteiger partial charge < -0.3 is 5.11 Å². The van der Waals surface area contributed by atoms with Crippen molar-refractivity contribution in [3.05, 3.63) is 20.3 Å². The van der Waals surface area contributed by atoms with Crippen LogP contribution in [0.2, 0.25) is 0 Å². The third kappa shape index (κ3) is 2.84. The molecule has 5 heteroatoms. The molecule has 0 aromatic carbocycles. The number of carboxylic acid groups (broad SMARTS) is 1. The molecule has 0 aliphatic carbocycles. The third-order valence-corrected chi connectivity index (χ3v) is 4.91. The van der Waals surface area contributed by atoms with Crippen LogP contribution in [0.1, 0.15) is 16.2 Å². The molecule has 0 unspecified atom stereocenters. The van der Waals surface area contributed by atoms with Gasteiger partial charge in [0.25, 0.3) is 0 Å². The van der Waals surface area contributed by atoms with Gasteiger partial charge in [-0.15, -0.1) is 11.3 Å². The van der Waals surface area contributed by atoms with E-state index in [1.807, 2.05) is 0 Å². The smallest absolute Gasteiger partial charge is 0.303 e. The Hall–Kier alpha value is -0.390. The molecule has 0 radical (unpaired) electrons. The van der Waals surface area contributed by atoms with Gasteiger partial charge in [0.05, 0.1) is 6.42 Å². The summed E-state index contributed by atoms with van der Waals surface area (Å²) in [4.78, 5) is 15.4. The van der Waals surface area contributed by atoms with E-state index in [2.05, 4.69) is 33.8 Å². The average Bonchev–Trinajstić information content (AvgIpc) is 2.42. The van der Waals surface area contributed by atoms with Gasteiger partial charge >= 0.3 is 5.97 Å². The molecule has 1 fully saturated rings. The van der Waals surface area contributed by atoms with Crippen molar-refractivity contribution in [3.63, 3.8) is 0 Å². The van der Waals surface area contributed by atoms with E-state index in [0.29, 0.717) is 12.3 Å². The van der Waals surface area contributed by atoms with Crippen LogP contribution in [-0.4, -0.2) is 29.1 Å². The zero-order valence-electron chi connectivity index (χ0n) is 9.07. The lowest BCUT2D eigenvalue weighted by molar-refractivity contribution is -0.139. The van der Waals surface area contributed by atoms with Gasteiger partial charge in [0, 0.05) is 33.9 Å². The summed E-state index contributed by atoms with van der Waals surface area (Å²) in [6, 6.07) is 2.16.